The molecule has 2 atom stereocenters. The number of rotatable bonds is 2. The largest absolute Gasteiger partial charge is 0.391 e. The zero-order chi connectivity index (χ0) is 13.3. The number of piperidine rings is 1. The van der Waals surface area contributed by atoms with E-state index in [4.69, 9.17) is 11.6 Å². The van der Waals surface area contributed by atoms with Gasteiger partial charge in [0.25, 0.3) is 0 Å². The average molecular weight is 290 g/mol. The molecule has 1 saturated heterocycles. The first-order valence-corrected chi connectivity index (χ1v) is 7.67. The molecule has 100 valence electrons. The highest BCUT2D eigenvalue weighted by molar-refractivity contribution is 7.89. The van der Waals surface area contributed by atoms with Crippen LogP contribution in [-0.2, 0) is 10.0 Å². The zero-order valence-corrected chi connectivity index (χ0v) is 11.7. The SMILES string of the molecule is CC1CCN(S(=O)(=O)c2ccc(Cl)cc2)CC1O. The van der Waals surface area contributed by atoms with Gasteiger partial charge in [0.2, 0.25) is 10.0 Å². The average Bonchev–Trinajstić information content (AvgIpc) is 2.33. The fourth-order valence-electron chi connectivity index (χ4n) is 1.99. The van der Waals surface area contributed by atoms with Gasteiger partial charge in [-0.3, -0.25) is 0 Å². The highest BCUT2D eigenvalue weighted by Crippen LogP contribution is 2.24. The summed E-state index contributed by atoms with van der Waals surface area (Å²) in [5.74, 6) is 0.140. The Balaban J connectivity index is 2.24. The number of aliphatic hydroxyl groups excluding tert-OH is 1. The summed E-state index contributed by atoms with van der Waals surface area (Å²) in [7, 11) is -3.52. The van der Waals surface area contributed by atoms with E-state index in [-0.39, 0.29) is 17.4 Å². The number of nitrogens with zero attached hydrogens (tertiary/aromatic N) is 1. The number of β-amino-alcohol motifs (C(OH)–C–C–N with tert-alkyl or cyclic N) is 1. The Labute approximate surface area is 112 Å². The van der Waals surface area contributed by atoms with E-state index in [0.29, 0.717) is 18.0 Å². The molecule has 1 heterocycles. The lowest BCUT2D eigenvalue weighted by atomic mass is 9.98. The fraction of sp³-hybridized carbons (Fsp3) is 0.500. The second-order valence-electron chi connectivity index (χ2n) is 4.65. The molecule has 1 aromatic carbocycles. The summed E-state index contributed by atoms with van der Waals surface area (Å²) in [6.07, 6.45) is 0.0781. The first-order valence-electron chi connectivity index (χ1n) is 5.85. The summed E-state index contributed by atoms with van der Waals surface area (Å²) in [6, 6.07) is 6.08. The molecule has 2 unspecified atom stereocenters. The van der Waals surface area contributed by atoms with Crippen molar-refractivity contribution in [3.05, 3.63) is 29.3 Å². The van der Waals surface area contributed by atoms with Crippen molar-refractivity contribution in [2.24, 2.45) is 5.92 Å². The molecule has 0 aromatic heterocycles. The number of halogens is 1. The topological polar surface area (TPSA) is 57.6 Å². The van der Waals surface area contributed by atoms with Crippen molar-refractivity contribution in [2.75, 3.05) is 13.1 Å². The predicted octanol–water partition coefficient (Wildman–Crippen LogP) is 1.73. The molecule has 1 N–H and O–H groups in total. The summed E-state index contributed by atoms with van der Waals surface area (Å²) in [6.45, 7) is 2.53. The van der Waals surface area contributed by atoms with Crippen LogP contribution in [0, 0.1) is 5.92 Å². The lowest BCUT2D eigenvalue weighted by Crippen LogP contribution is -2.45. The predicted molar refractivity (Wildman–Crippen MR) is 70.0 cm³/mol. The van der Waals surface area contributed by atoms with E-state index in [2.05, 4.69) is 0 Å². The lowest BCUT2D eigenvalue weighted by Gasteiger charge is -2.33. The van der Waals surface area contributed by atoms with Crippen LogP contribution in [0.3, 0.4) is 0 Å². The molecule has 0 aliphatic carbocycles. The van der Waals surface area contributed by atoms with Gasteiger partial charge in [-0.05, 0) is 36.6 Å². The highest BCUT2D eigenvalue weighted by atomic mass is 35.5. The Morgan fingerprint density at radius 1 is 1.33 bits per heavy atom. The Kier molecular flexibility index (Phi) is 3.96. The van der Waals surface area contributed by atoms with Crippen LogP contribution in [0.25, 0.3) is 0 Å². The van der Waals surface area contributed by atoms with Crippen molar-refractivity contribution in [1.82, 2.24) is 4.31 Å². The van der Waals surface area contributed by atoms with Crippen molar-refractivity contribution in [3.63, 3.8) is 0 Å². The number of hydrogen-bond donors (Lipinski definition) is 1. The molecule has 0 saturated carbocycles. The first kappa shape index (κ1) is 13.8. The Morgan fingerprint density at radius 2 is 1.94 bits per heavy atom. The maximum absolute atomic E-state index is 12.3. The van der Waals surface area contributed by atoms with Crippen molar-refractivity contribution >= 4 is 21.6 Å². The summed E-state index contributed by atoms with van der Waals surface area (Å²) in [5, 5.41) is 10.3. The quantitative estimate of drug-likeness (QED) is 0.902. The van der Waals surface area contributed by atoms with Gasteiger partial charge in [-0.15, -0.1) is 0 Å². The molecule has 1 aromatic rings. The smallest absolute Gasteiger partial charge is 0.243 e. The Morgan fingerprint density at radius 3 is 2.50 bits per heavy atom. The van der Waals surface area contributed by atoms with E-state index < -0.39 is 16.1 Å². The molecule has 18 heavy (non-hydrogen) atoms. The van der Waals surface area contributed by atoms with Crippen molar-refractivity contribution < 1.29 is 13.5 Å². The van der Waals surface area contributed by atoms with Crippen molar-refractivity contribution in [3.8, 4) is 0 Å². The van der Waals surface area contributed by atoms with E-state index >= 15 is 0 Å². The maximum atomic E-state index is 12.3. The van der Waals surface area contributed by atoms with Crippen LogP contribution >= 0.6 is 11.6 Å². The monoisotopic (exact) mass is 289 g/mol. The fourth-order valence-corrected chi connectivity index (χ4v) is 3.59. The minimum Gasteiger partial charge on any atom is -0.391 e. The van der Waals surface area contributed by atoms with E-state index in [1.807, 2.05) is 6.92 Å². The molecule has 2 rings (SSSR count). The minimum absolute atomic E-state index is 0.140. The van der Waals surface area contributed by atoms with E-state index in [1.165, 1.54) is 16.4 Å². The van der Waals surface area contributed by atoms with Crippen LogP contribution in [0.1, 0.15) is 13.3 Å². The number of benzene rings is 1. The third kappa shape index (κ3) is 2.69. The molecule has 0 radical (unpaired) electrons. The van der Waals surface area contributed by atoms with Gasteiger partial charge in [0.1, 0.15) is 0 Å². The van der Waals surface area contributed by atoms with Gasteiger partial charge in [-0.25, -0.2) is 8.42 Å². The maximum Gasteiger partial charge on any atom is 0.243 e. The normalized spacial score (nSPS) is 26.2. The van der Waals surface area contributed by atoms with Crippen LogP contribution in [0.5, 0.6) is 0 Å². The molecular formula is C12H16ClNO3S. The molecule has 1 fully saturated rings. The second-order valence-corrected chi connectivity index (χ2v) is 7.02. The van der Waals surface area contributed by atoms with Crippen molar-refractivity contribution in [2.45, 2.75) is 24.3 Å². The number of hydrogen-bond acceptors (Lipinski definition) is 3. The lowest BCUT2D eigenvalue weighted by molar-refractivity contribution is 0.0605. The van der Waals surface area contributed by atoms with Crippen LogP contribution in [0.2, 0.25) is 5.02 Å². The van der Waals surface area contributed by atoms with Crippen LogP contribution < -0.4 is 0 Å². The number of aliphatic hydroxyl groups is 1. The van der Waals surface area contributed by atoms with E-state index in [0.717, 1.165) is 0 Å². The van der Waals surface area contributed by atoms with Gasteiger partial charge in [0.05, 0.1) is 11.0 Å². The van der Waals surface area contributed by atoms with Gasteiger partial charge in [-0.2, -0.15) is 4.31 Å². The molecule has 1 aliphatic rings. The Bertz CT molecular complexity index is 515. The van der Waals surface area contributed by atoms with Gasteiger partial charge in [-0.1, -0.05) is 18.5 Å². The molecular weight excluding hydrogens is 274 g/mol. The van der Waals surface area contributed by atoms with Gasteiger partial charge in [0, 0.05) is 18.1 Å². The summed E-state index contributed by atoms with van der Waals surface area (Å²) >= 11 is 5.74. The molecule has 0 bridgehead atoms. The van der Waals surface area contributed by atoms with Gasteiger partial charge in [0.15, 0.2) is 0 Å². The summed E-state index contributed by atoms with van der Waals surface area (Å²) in [5.41, 5.74) is 0. The van der Waals surface area contributed by atoms with Crippen molar-refractivity contribution in [1.29, 1.82) is 0 Å². The molecule has 4 nitrogen and oxygen atoms in total. The summed E-state index contributed by atoms with van der Waals surface area (Å²) < 4.78 is 26.0. The highest BCUT2D eigenvalue weighted by Gasteiger charge is 2.32. The second kappa shape index (κ2) is 5.17. The van der Waals surface area contributed by atoms with Gasteiger partial charge >= 0.3 is 0 Å². The van der Waals surface area contributed by atoms with Crippen LogP contribution in [-0.4, -0.2) is 37.0 Å². The molecule has 0 amide bonds. The van der Waals surface area contributed by atoms with Crippen LogP contribution in [0.4, 0.5) is 0 Å². The third-order valence-electron chi connectivity index (χ3n) is 3.33. The molecule has 1 aliphatic heterocycles. The van der Waals surface area contributed by atoms with Crippen LogP contribution in [0.15, 0.2) is 29.2 Å². The molecule has 0 spiro atoms. The van der Waals surface area contributed by atoms with E-state index in [9.17, 15) is 13.5 Å². The standard InChI is InChI=1S/C12H16ClNO3S/c1-9-6-7-14(8-12(9)15)18(16,17)11-4-2-10(13)3-5-11/h2-5,9,12,15H,6-8H2,1H3. The first-order chi connectivity index (χ1) is 8.41. The summed E-state index contributed by atoms with van der Waals surface area (Å²) in [4.78, 5) is 0.216. The number of sulfonamides is 1. The molecule has 6 heteroatoms. The zero-order valence-electron chi connectivity index (χ0n) is 10.1. The minimum atomic E-state index is -3.52. The Hall–Kier alpha value is -0.620. The van der Waals surface area contributed by atoms with E-state index in [1.54, 1.807) is 12.1 Å². The third-order valence-corrected chi connectivity index (χ3v) is 5.46. The van der Waals surface area contributed by atoms with Gasteiger partial charge < -0.3 is 5.11 Å².